The lowest BCUT2D eigenvalue weighted by Gasteiger charge is -2.32. The number of hydrogen-bond acceptors (Lipinski definition) is 8. The zero-order chi connectivity index (χ0) is 21.2. The summed E-state index contributed by atoms with van der Waals surface area (Å²) in [6, 6.07) is 4.80. The summed E-state index contributed by atoms with van der Waals surface area (Å²) in [7, 11) is -1.19. The van der Waals surface area contributed by atoms with E-state index in [4.69, 9.17) is 19.3 Å². The van der Waals surface area contributed by atoms with Gasteiger partial charge >= 0.3 is 5.97 Å². The number of carbonyl (C=O) groups is 1. The van der Waals surface area contributed by atoms with Crippen LogP contribution in [0.3, 0.4) is 0 Å². The first-order valence-electron chi connectivity index (χ1n) is 8.74. The van der Waals surface area contributed by atoms with Gasteiger partial charge in [0.05, 0.1) is 18.6 Å². The van der Waals surface area contributed by atoms with E-state index in [1.165, 1.54) is 31.0 Å². The van der Waals surface area contributed by atoms with Crippen molar-refractivity contribution in [2.24, 2.45) is 0 Å². The van der Waals surface area contributed by atoms with Crippen LogP contribution in [0.2, 0.25) is 0 Å². The number of ether oxygens (including phenoxy) is 3. The van der Waals surface area contributed by atoms with Crippen molar-refractivity contribution in [3.63, 3.8) is 0 Å². The van der Waals surface area contributed by atoms with Crippen LogP contribution in [0.5, 0.6) is 5.75 Å². The van der Waals surface area contributed by atoms with E-state index in [9.17, 15) is 13.2 Å². The number of hydrogen-bond donors (Lipinski definition) is 2. The maximum Gasteiger partial charge on any atom is 0.325 e. The lowest BCUT2D eigenvalue weighted by molar-refractivity contribution is -0.143. The first kappa shape index (κ1) is 24.7. The second-order valence-electron chi connectivity index (χ2n) is 6.42. The third kappa shape index (κ3) is 7.59. The van der Waals surface area contributed by atoms with E-state index in [1.807, 2.05) is 0 Å². The molecule has 0 saturated carbocycles. The number of rotatable bonds is 13. The molecule has 1 aromatic rings. The Kier molecular flexibility index (Phi) is 10.3. The van der Waals surface area contributed by atoms with Gasteiger partial charge in [0.25, 0.3) is 0 Å². The van der Waals surface area contributed by atoms with Crippen molar-refractivity contribution in [1.82, 2.24) is 4.72 Å². The third-order valence-electron chi connectivity index (χ3n) is 3.87. The van der Waals surface area contributed by atoms with Crippen LogP contribution in [-0.4, -0.2) is 70.1 Å². The van der Waals surface area contributed by atoms with E-state index >= 15 is 0 Å². The molecule has 0 amide bonds. The Labute approximate surface area is 171 Å². The number of benzene rings is 1. The Morgan fingerprint density at radius 3 is 2.39 bits per heavy atom. The lowest BCUT2D eigenvalue weighted by Crippen LogP contribution is -2.53. The molecule has 1 atom stereocenters. The van der Waals surface area contributed by atoms with Crippen molar-refractivity contribution in [2.75, 3.05) is 39.8 Å². The summed E-state index contributed by atoms with van der Waals surface area (Å²) in [5.41, 5.74) is 0. The maximum absolute atomic E-state index is 12.8. The van der Waals surface area contributed by atoms with Crippen molar-refractivity contribution in [3.05, 3.63) is 24.3 Å². The SMILES string of the molecule is COCCOc1ccc(S(=O)(=O)N[C@@H](C(=O)OC)C(C)(C)SCCCO)cc1. The molecule has 0 aliphatic carbocycles. The maximum atomic E-state index is 12.8. The number of aliphatic hydroxyl groups excluding tert-OH is 1. The zero-order valence-electron chi connectivity index (χ0n) is 16.6. The molecule has 0 unspecified atom stereocenters. The number of aliphatic hydroxyl groups is 1. The number of thioether (sulfide) groups is 1. The summed E-state index contributed by atoms with van der Waals surface area (Å²) < 4.78 is 42.4. The van der Waals surface area contributed by atoms with Gasteiger partial charge in [-0.15, -0.1) is 0 Å². The summed E-state index contributed by atoms with van der Waals surface area (Å²) in [4.78, 5) is 12.3. The van der Waals surface area contributed by atoms with Gasteiger partial charge in [-0.05, 0) is 50.3 Å². The van der Waals surface area contributed by atoms with Gasteiger partial charge in [-0.25, -0.2) is 8.42 Å². The lowest BCUT2D eigenvalue weighted by atomic mass is 10.0. The third-order valence-corrected chi connectivity index (χ3v) is 6.78. The van der Waals surface area contributed by atoms with E-state index in [1.54, 1.807) is 33.1 Å². The Morgan fingerprint density at radius 1 is 1.21 bits per heavy atom. The molecule has 0 saturated heterocycles. The number of carbonyl (C=O) groups excluding carboxylic acids is 1. The normalized spacial score (nSPS) is 13.2. The van der Waals surface area contributed by atoms with Crippen molar-refractivity contribution >= 4 is 27.8 Å². The van der Waals surface area contributed by atoms with E-state index in [-0.39, 0.29) is 11.5 Å². The minimum atomic E-state index is -3.96. The predicted molar refractivity (Wildman–Crippen MR) is 108 cm³/mol. The van der Waals surface area contributed by atoms with E-state index in [0.717, 1.165) is 0 Å². The number of sulfonamides is 1. The molecule has 160 valence electrons. The fourth-order valence-electron chi connectivity index (χ4n) is 2.26. The molecule has 0 aliphatic heterocycles. The van der Waals surface area contributed by atoms with E-state index in [0.29, 0.717) is 31.1 Å². The van der Waals surface area contributed by atoms with Crippen molar-refractivity contribution in [1.29, 1.82) is 0 Å². The van der Waals surface area contributed by atoms with Crippen LogP contribution in [0.1, 0.15) is 20.3 Å². The molecule has 28 heavy (non-hydrogen) atoms. The minimum absolute atomic E-state index is 0.0108. The van der Waals surface area contributed by atoms with E-state index in [2.05, 4.69) is 4.72 Å². The first-order valence-corrected chi connectivity index (χ1v) is 11.2. The average Bonchev–Trinajstić information content (AvgIpc) is 2.66. The summed E-state index contributed by atoms with van der Waals surface area (Å²) in [5.74, 6) is 0.414. The predicted octanol–water partition coefficient (Wildman–Crippen LogP) is 1.43. The summed E-state index contributed by atoms with van der Waals surface area (Å²) in [6.07, 6.45) is 0.541. The fraction of sp³-hybridized carbons (Fsp3) is 0.611. The molecule has 10 heteroatoms. The largest absolute Gasteiger partial charge is 0.491 e. The van der Waals surface area contributed by atoms with Gasteiger partial charge in [0.1, 0.15) is 18.4 Å². The number of esters is 1. The standard InChI is InChI=1S/C18H29NO7S2/c1-18(2,27-13-5-10-20)16(17(21)25-4)19-28(22,23)15-8-6-14(7-9-15)26-12-11-24-3/h6-9,16,19-20H,5,10-13H2,1-4H3/t16-/m0/s1. The highest BCUT2D eigenvalue weighted by Crippen LogP contribution is 2.30. The van der Waals surface area contributed by atoms with Gasteiger partial charge in [0.15, 0.2) is 0 Å². The average molecular weight is 436 g/mol. The molecule has 0 fully saturated rings. The molecule has 0 bridgehead atoms. The van der Waals surface area contributed by atoms with Crippen LogP contribution in [0.25, 0.3) is 0 Å². The second kappa shape index (κ2) is 11.6. The molecule has 1 rings (SSSR count). The number of methoxy groups -OCH3 is 2. The number of nitrogens with one attached hydrogen (secondary N) is 1. The zero-order valence-corrected chi connectivity index (χ0v) is 18.3. The highest BCUT2D eigenvalue weighted by atomic mass is 32.2. The molecular weight excluding hydrogens is 406 g/mol. The van der Waals surface area contributed by atoms with Crippen LogP contribution in [0.15, 0.2) is 29.2 Å². The van der Waals surface area contributed by atoms with Crippen molar-refractivity contribution in [3.8, 4) is 5.75 Å². The van der Waals surface area contributed by atoms with Crippen LogP contribution in [-0.2, 0) is 24.3 Å². The van der Waals surface area contributed by atoms with Crippen LogP contribution in [0.4, 0.5) is 0 Å². The highest BCUT2D eigenvalue weighted by molar-refractivity contribution is 8.00. The molecule has 0 radical (unpaired) electrons. The van der Waals surface area contributed by atoms with Crippen LogP contribution in [0, 0.1) is 0 Å². The second-order valence-corrected chi connectivity index (χ2v) is 9.88. The molecule has 1 aromatic carbocycles. The minimum Gasteiger partial charge on any atom is -0.491 e. The van der Waals surface area contributed by atoms with Gasteiger partial charge in [-0.3, -0.25) is 4.79 Å². The fourth-order valence-corrected chi connectivity index (χ4v) is 4.78. The molecular formula is C18H29NO7S2. The Bertz CT molecular complexity index is 705. The Balaban J connectivity index is 2.95. The van der Waals surface area contributed by atoms with Gasteiger partial charge in [0, 0.05) is 18.5 Å². The summed E-state index contributed by atoms with van der Waals surface area (Å²) in [5, 5.41) is 8.95. The summed E-state index contributed by atoms with van der Waals surface area (Å²) >= 11 is 1.39. The van der Waals surface area contributed by atoms with Gasteiger partial charge in [-0.1, -0.05) is 0 Å². The molecule has 0 aliphatic rings. The monoisotopic (exact) mass is 435 g/mol. The quantitative estimate of drug-likeness (QED) is 0.354. The highest BCUT2D eigenvalue weighted by Gasteiger charge is 2.39. The molecule has 0 aromatic heterocycles. The van der Waals surface area contributed by atoms with Crippen molar-refractivity contribution < 1.29 is 32.5 Å². The van der Waals surface area contributed by atoms with Crippen LogP contribution >= 0.6 is 11.8 Å². The van der Waals surface area contributed by atoms with Crippen molar-refractivity contribution in [2.45, 2.75) is 36.0 Å². The molecule has 2 N–H and O–H groups in total. The smallest absolute Gasteiger partial charge is 0.325 e. The van der Waals surface area contributed by atoms with Crippen LogP contribution < -0.4 is 9.46 Å². The topological polar surface area (TPSA) is 111 Å². The van der Waals surface area contributed by atoms with Gasteiger partial charge in [0.2, 0.25) is 10.0 Å². The Hall–Kier alpha value is -1.33. The van der Waals surface area contributed by atoms with E-state index < -0.39 is 26.8 Å². The summed E-state index contributed by atoms with van der Waals surface area (Å²) in [6.45, 7) is 4.31. The van der Waals surface area contributed by atoms with Gasteiger partial charge in [-0.2, -0.15) is 16.5 Å². The molecule has 0 heterocycles. The molecule has 8 nitrogen and oxygen atoms in total. The Morgan fingerprint density at radius 2 is 1.86 bits per heavy atom. The first-order chi connectivity index (χ1) is 13.2. The van der Waals surface area contributed by atoms with Gasteiger partial charge < -0.3 is 19.3 Å². The molecule has 0 spiro atoms.